The van der Waals surface area contributed by atoms with Gasteiger partial charge in [0.25, 0.3) is 0 Å². The summed E-state index contributed by atoms with van der Waals surface area (Å²) >= 11 is 0. The van der Waals surface area contributed by atoms with Crippen molar-refractivity contribution < 1.29 is 14.0 Å². The zero-order valence-electron chi connectivity index (χ0n) is 16.4. The Balaban J connectivity index is 3.06. The highest BCUT2D eigenvalue weighted by Crippen LogP contribution is 2.41. The summed E-state index contributed by atoms with van der Waals surface area (Å²) in [7, 11) is -3.26. The van der Waals surface area contributed by atoms with Gasteiger partial charge in [-0.05, 0) is 6.42 Å². The van der Waals surface area contributed by atoms with Crippen LogP contribution in [0.2, 0.25) is 0 Å². The van der Waals surface area contributed by atoms with Crippen LogP contribution in [0.25, 0.3) is 0 Å². The van der Waals surface area contributed by atoms with E-state index in [4.69, 9.17) is 4.52 Å². The summed E-state index contributed by atoms with van der Waals surface area (Å²) in [4.78, 5) is 9.28. The van der Waals surface area contributed by atoms with Gasteiger partial charge in [0.2, 0.25) is 0 Å². The molecule has 4 heteroatoms. The maximum atomic E-state index is 11.3. The molecular weight excluding hydrogens is 319 g/mol. The van der Waals surface area contributed by atoms with Crippen LogP contribution in [0.5, 0.6) is 0 Å². The van der Waals surface area contributed by atoms with Crippen molar-refractivity contribution in [1.82, 2.24) is 0 Å². The molecule has 1 unspecified atom stereocenters. The summed E-state index contributed by atoms with van der Waals surface area (Å²) in [5.74, 6) is 0. The summed E-state index contributed by atoms with van der Waals surface area (Å²) in [6.07, 6.45) is 21.6. The zero-order valence-corrected chi connectivity index (χ0v) is 17.3. The third-order valence-corrected chi connectivity index (χ3v) is 6.08. The molecule has 0 aliphatic heterocycles. The summed E-state index contributed by atoms with van der Waals surface area (Å²) < 4.78 is 16.3. The Bertz CT molecular complexity index is 295. The van der Waals surface area contributed by atoms with Gasteiger partial charge in [-0.1, -0.05) is 110 Å². The minimum Gasteiger partial charge on any atom is -0.324 e. The zero-order chi connectivity index (χ0) is 17.9. The van der Waals surface area contributed by atoms with Crippen LogP contribution in [0.15, 0.2) is 0 Å². The van der Waals surface area contributed by atoms with Crippen LogP contribution < -0.4 is 0 Å². The van der Waals surface area contributed by atoms with E-state index in [0.29, 0.717) is 6.61 Å². The first-order chi connectivity index (χ1) is 11.6. The highest BCUT2D eigenvalue weighted by atomic mass is 31.2. The monoisotopic (exact) mass is 362 g/mol. The van der Waals surface area contributed by atoms with Gasteiger partial charge in [0.1, 0.15) is 0 Å². The number of unbranched alkanes of at least 4 members (excludes halogenated alkanes) is 15. The first-order valence-corrected chi connectivity index (χ1v) is 12.3. The molecule has 0 aromatic carbocycles. The summed E-state index contributed by atoms with van der Waals surface area (Å²) in [5, 5.41) is 0. The van der Waals surface area contributed by atoms with E-state index >= 15 is 0 Å². The van der Waals surface area contributed by atoms with E-state index in [1.165, 1.54) is 89.9 Å². The van der Waals surface area contributed by atoms with Crippen LogP contribution >= 0.6 is 7.60 Å². The first-order valence-electron chi connectivity index (χ1n) is 10.6. The molecule has 0 amide bonds. The Hall–Kier alpha value is 0.150. The topological polar surface area (TPSA) is 46.5 Å². The second kappa shape index (κ2) is 18.0. The Morgan fingerprint density at radius 2 is 0.958 bits per heavy atom. The fourth-order valence-corrected chi connectivity index (χ4v) is 3.55. The van der Waals surface area contributed by atoms with Crippen molar-refractivity contribution in [2.75, 3.05) is 12.8 Å². The fourth-order valence-electron chi connectivity index (χ4n) is 2.95. The molecule has 0 saturated heterocycles. The molecule has 0 heterocycles. The number of hydrogen-bond donors (Lipinski definition) is 1. The fraction of sp³-hybridized carbons (Fsp3) is 1.00. The Morgan fingerprint density at radius 1 is 0.625 bits per heavy atom. The van der Waals surface area contributed by atoms with Crippen molar-refractivity contribution in [3.8, 4) is 0 Å². The van der Waals surface area contributed by atoms with Gasteiger partial charge in [-0.15, -0.1) is 0 Å². The lowest BCUT2D eigenvalue weighted by Gasteiger charge is -2.09. The average molecular weight is 363 g/mol. The second-order valence-corrected chi connectivity index (χ2v) is 9.26. The Morgan fingerprint density at radius 3 is 1.29 bits per heavy atom. The van der Waals surface area contributed by atoms with E-state index in [2.05, 4.69) is 6.92 Å². The first kappa shape index (κ1) is 24.1. The normalized spacial score (nSPS) is 14.0. The highest BCUT2D eigenvalue weighted by molar-refractivity contribution is 7.52. The van der Waals surface area contributed by atoms with Gasteiger partial charge in [0, 0.05) is 6.16 Å². The van der Waals surface area contributed by atoms with Crippen molar-refractivity contribution >= 4 is 7.60 Å². The van der Waals surface area contributed by atoms with Crippen molar-refractivity contribution in [2.24, 2.45) is 0 Å². The lowest BCUT2D eigenvalue weighted by Crippen LogP contribution is -1.94. The summed E-state index contributed by atoms with van der Waals surface area (Å²) in [5.41, 5.74) is 0. The second-order valence-electron chi connectivity index (χ2n) is 7.09. The Labute approximate surface area is 151 Å². The van der Waals surface area contributed by atoms with Gasteiger partial charge < -0.3 is 9.42 Å². The Kier molecular flexibility index (Phi) is 18.1. The minimum absolute atomic E-state index is 0.214. The van der Waals surface area contributed by atoms with Gasteiger partial charge >= 0.3 is 7.60 Å². The lowest BCUT2D eigenvalue weighted by atomic mass is 10.0. The van der Waals surface area contributed by atoms with E-state index in [0.717, 1.165) is 12.8 Å². The molecule has 3 nitrogen and oxygen atoms in total. The van der Waals surface area contributed by atoms with Crippen molar-refractivity contribution in [3.63, 3.8) is 0 Å². The van der Waals surface area contributed by atoms with Crippen LogP contribution in [0.3, 0.4) is 0 Å². The van der Waals surface area contributed by atoms with Crippen LogP contribution in [-0.2, 0) is 9.09 Å². The van der Waals surface area contributed by atoms with Crippen LogP contribution in [0.4, 0.5) is 0 Å². The molecule has 0 bridgehead atoms. The van der Waals surface area contributed by atoms with E-state index in [1.807, 2.05) is 0 Å². The predicted molar refractivity (Wildman–Crippen MR) is 106 cm³/mol. The van der Waals surface area contributed by atoms with E-state index in [1.54, 1.807) is 6.92 Å². The standard InChI is InChI=1S/C20H43O3P/c1-3-5-6-7-8-9-10-11-12-13-14-15-16-17-18-19-20-23-24(21,22)4-2/h3-20H2,1-2H3,(H,21,22). The average Bonchev–Trinajstić information content (AvgIpc) is 2.57. The smallest absolute Gasteiger partial charge is 0.324 e. The molecule has 0 aromatic rings. The van der Waals surface area contributed by atoms with Gasteiger partial charge in [0.05, 0.1) is 6.61 Å². The maximum absolute atomic E-state index is 11.3. The predicted octanol–water partition coefficient (Wildman–Crippen LogP) is 7.47. The maximum Gasteiger partial charge on any atom is 0.327 e. The molecule has 0 aliphatic carbocycles. The van der Waals surface area contributed by atoms with Crippen LogP contribution in [0.1, 0.15) is 117 Å². The molecule has 0 fully saturated rings. The van der Waals surface area contributed by atoms with E-state index < -0.39 is 7.60 Å². The van der Waals surface area contributed by atoms with Gasteiger partial charge in [0.15, 0.2) is 0 Å². The molecule has 0 aromatic heterocycles. The van der Waals surface area contributed by atoms with Crippen molar-refractivity contribution in [2.45, 2.75) is 117 Å². The highest BCUT2D eigenvalue weighted by Gasteiger charge is 2.14. The molecule has 0 aliphatic rings. The third-order valence-electron chi connectivity index (χ3n) is 4.69. The van der Waals surface area contributed by atoms with Crippen LogP contribution in [0, 0.1) is 0 Å². The molecule has 146 valence electrons. The molecule has 0 saturated carbocycles. The minimum atomic E-state index is -3.26. The molecule has 1 atom stereocenters. The van der Waals surface area contributed by atoms with Gasteiger partial charge in [-0.25, -0.2) is 0 Å². The van der Waals surface area contributed by atoms with E-state index in [-0.39, 0.29) is 6.16 Å². The largest absolute Gasteiger partial charge is 0.327 e. The van der Waals surface area contributed by atoms with E-state index in [9.17, 15) is 9.46 Å². The molecular formula is C20H43O3P. The quantitative estimate of drug-likeness (QED) is 0.191. The van der Waals surface area contributed by atoms with Crippen LogP contribution in [-0.4, -0.2) is 17.7 Å². The molecule has 1 N–H and O–H groups in total. The molecule has 0 spiro atoms. The number of hydrogen-bond acceptors (Lipinski definition) is 2. The molecule has 0 radical (unpaired) electrons. The van der Waals surface area contributed by atoms with Gasteiger partial charge in [-0.2, -0.15) is 0 Å². The third kappa shape index (κ3) is 18.5. The molecule has 0 rings (SSSR count). The number of rotatable bonds is 19. The van der Waals surface area contributed by atoms with Crippen molar-refractivity contribution in [1.29, 1.82) is 0 Å². The SMILES string of the molecule is CCCCCCCCCCCCCCCCCCOP(=O)(O)CC. The van der Waals surface area contributed by atoms with Crippen molar-refractivity contribution in [3.05, 3.63) is 0 Å². The summed E-state index contributed by atoms with van der Waals surface area (Å²) in [6.45, 7) is 4.39. The molecule has 24 heavy (non-hydrogen) atoms. The lowest BCUT2D eigenvalue weighted by molar-refractivity contribution is 0.253. The summed E-state index contributed by atoms with van der Waals surface area (Å²) in [6, 6.07) is 0. The van der Waals surface area contributed by atoms with Gasteiger partial charge in [-0.3, -0.25) is 4.57 Å².